The monoisotopic (exact) mass is 389 g/mol. The average Bonchev–Trinajstić information content (AvgIpc) is 3.07. The van der Waals surface area contributed by atoms with Gasteiger partial charge in [-0.1, -0.05) is 42.8 Å². The van der Waals surface area contributed by atoms with Crippen LogP contribution in [0, 0.1) is 11.1 Å². The van der Waals surface area contributed by atoms with E-state index in [2.05, 4.69) is 19.1 Å². The third-order valence-electron chi connectivity index (χ3n) is 4.93. The summed E-state index contributed by atoms with van der Waals surface area (Å²) in [6.07, 6.45) is 2.17. The summed E-state index contributed by atoms with van der Waals surface area (Å²) in [5, 5.41) is 17.7. The molecule has 0 amide bonds. The molecule has 0 bridgehead atoms. The van der Waals surface area contributed by atoms with Crippen molar-refractivity contribution in [2.45, 2.75) is 26.7 Å². The smallest absolute Gasteiger partial charge is 0.366 e. The molecular formula is C23H23N3O3. The van der Waals surface area contributed by atoms with E-state index < -0.39 is 0 Å². The highest BCUT2D eigenvalue weighted by molar-refractivity contribution is 6.02. The molecule has 148 valence electrons. The second-order valence-electron chi connectivity index (χ2n) is 7.58. The molecule has 0 atom stereocenters. The molecule has 0 aliphatic heterocycles. The number of rotatable bonds is 6. The third kappa shape index (κ3) is 3.92. The van der Waals surface area contributed by atoms with Crippen LogP contribution in [0.5, 0.6) is 5.75 Å². The molecule has 0 unspecified atom stereocenters. The Morgan fingerprint density at radius 2 is 1.86 bits per heavy atom. The molecule has 1 heterocycles. The normalized spacial score (nSPS) is 11.4. The van der Waals surface area contributed by atoms with Crippen LogP contribution in [-0.4, -0.2) is 22.4 Å². The number of aromatic nitrogens is 3. The maximum Gasteiger partial charge on any atom is 0.366 e. The van der Waals surface area contributed by atoms with Gasteiger partial charge in [0, 0.05) is 0 Å². The summed E-state index contributed by atoms with van der Waals surface area (Å²) in [5.41, 5.74) is 1.32. The van der Waals surface area contributed by atoms with Crippen molar-refractivity contribution in [3.63, 3.8) is 0 Å². The zero-order chi connectivity index (χ0) is 20.4. The summed E-state index contributed by atoms with van der Waals surface area (Å²) in [7, 11) is 0. The quantitative estimate of drug-likeness (QED) is 0.280. The lowest BCUT2D eigenvalue weighted by atomic mass is 10.1. The summed E-state index contributed by atoms with van der Waals surface area (Å²) in [5.74, 6) is 1.16. The lowest BCUT2D eigenvalue weighted by Crippen LogP contribution is -2.31. The van der Waals surface area contributed by atoms with Crippen LogP contribution in [0.4, 0.5) is 0 Å². The SMILES string of the molecule is CC(C)CCCOc1ccc2cc(C(=O)n3n[n+]([O-])c4ccccc43)ccc2c1. The van der Waals surface area contributed by atoms with Crippen molar-refractivity contribution < 1.29 is 14.4 Å². The number of carbonyl (C=O) groups is 1. The molecule has 0 N–H and O–H groups in total. The highest BCUT2D eigenvalue weighted by Crippen LogP contribution is 2.23. The Hall–Kier alpha value is -3.41. The van der Waals surface area contributed by atoms with Crippen LogP contribution < -0.4 is 9.58 Å². The molecular weight excluding hydrogens is 366 g/mol. The van der Waals surface area contributed by atoms with Crippen molar-refractivity contribution in [3.8, 4) is 5.75 Å². The van der Waals surface area contributed by atoms with Crippen molar-refractivity contribution in [1.29, 1.82) is 0 Å². The fraction of sp³-hybridized carbons (Fsp3) is 0.261. The van der Waals surface area contributed by atoms with Crippen LogP contribution in [0.2, 0.25) is 0 Å². The van der Waals surface area contributed by atoms with E-state index >= 15 is 0 Å². The first-order chi connectivity index (χ1) is 14.0. The predicted octanol–water partition coefficient (Wildman–Crippen LogP) is 4.33. The third-order valence-corrected chi connectivity index (χ3v) is 4.93. The van der Waals surface area contributed by atoms with Gasteiger partial charge < -0.3 is 9.94 Å². The number of benzene rings is 3. The van der Waals surface area contributed by atoms with Crippen molar-refractivity contribution >= 4 is 27.7 Å². The Labute approximate surface area is 168 Å². The fourth-order valence-corrected chi connectivity index (χ4v) is 3.38. The van der Waals surface area contributed by atoms with E-state index in [0.29, 0.717) is 34.0 Å². The van der Waals surface area contributed by atoms with Crippen molar-refractivity contribution in [2.24, 2.45) is 5.92 Å². The first-order valence-corrected chi connectivity index (χ1v) is 9.82. The van der Waals surface area contributed by atoms with Crippen LogP contribution in [0.25, 0.3) is 21.8 Å². The number of para-hydroxylation sites is 2. The molecule has 6 nitrogen and oxygen atoms in total. The fourth-order valence-electron chi connectivity index (χ4n) is 3.38. The van der Waals surface area contributed by atoms with E-state index in [9.17, 15) is 10.0 Å². The van der Waals surface area contributed by atoms with Gasteiger partial charge >= 0.3 is 5.91 Å². The topological polar surface area (TPSA) is 71.1 Å². The first-order valence-electron chi connectivity index (χ1n) is 9.82. The minimum atomic E-state index is -0.341. The minimum absolute atomic E-state index is 0.341. The molecule has 0 aliphatic rings. The Bertz CT molecular complexity index is 1180. The summed E-state index contributed by atoms with van der Waals surface area (Å²) in [4.78, 5) is 13.4. The van der Waals surface area contributed by atoms with Gasteiger partial charge in [-0.3, -0.25) is 0 Å². The molecule has 6 heteroatoms. The van der Waals surface area contributed by atoms with Crippen LogP contribution in [0.1, 0.15) is 37.0 Å². The number of nitrogens with zero attached hydrogens (tertiary/aromatic N) is 3. The lowest BCUT2D eigenvalue weighted by molar-refractivity contribution is -0.645. The molecule has 29 heavy (non-hydrogen) atoms. The molecule has 4 rings (SSSR count). The van der Waals surface area contributed by atoms with E-state index in [1.807, 2.05) is 30.3 Å². The van der Waals surface area contributed by atoms with Crippen molar-refractivity contribution in [2.75, 3.05) is 6.61 Å². The van der Waals surface area contributed by atoms with Crippen LogP contribution in [0.3, 0.4) is 0 Å². The van der Waals surface area contributed by atoms with Gasteiger partial charge in [-0.2, -0.15) is 0 Å². The highest BCUT2D eigenvalue weighted by atomic mass is 16.5. The Kier molecular flexibility index (Phi) is 5.16. The molecule has 0 radical (unpaired) electrons. The molecule has 1 aromatic heterocycles. The van der Waals surface area contributed by atoms with E-state index in [-0.39, 0.29) is 5.91 Å². The van der Waals surface area contributed by atoms with Gasteiger partial charge in [-0.15, -0.1) is 4.85 Å². The van der Waals surface area contributed by atoms with Gasteiger partial charge in [-0.05, 0) is 65.9 Å². The maximum absolute atomic E-state index is 12.9. The van der Waals surface area contributed by atoms with Gasteiger partial charge in [0.05, 0.1) is 12.2 Å². The van der Waals surface area contributed by atoms with E-state index in [1.165, 1.54) is 0 Å². The molecule has 0 spiro atoms. The Morgan fingerprint density at radius 1 is 1.10 bits per heavy atom. The molecule has 0 saturated heterocycles. The second kappa shape index (κ2) is 7.91. The van der Waals surface area contributed by atoms with Crippen molar-refractivity contribution in [3.05, 3.63) is 71.4 Å². The van der Waals surface area contributed by atoms with Gasteiger partial charge in [-0.25, -0.2) is 4.79 Å². The number of fused-ring (bicyclic) bond motifs is 2. The van der Waals surface area contributed by atoms with Crippen LogP contribution >= 0.6 is 0 Å². The Balaban J connectivity index is 1.57. The van der Waals surface area contributed by atoms with Gasteiger partial charge in [0.15, 0.2) is 0 Å². The molecule has 0 fully saturated rings. The number of carbonyl (C=O) groups excluding carboxylic acids is 1. The predicted molar refractivity (Wildman–Crippen MR) is 112 cm³/mol. The minimum Gasteiger partial charge on any atom is -0.691 e. The zero-order valence-electron chi connectivity index (χ0n) is 16.5. The average molecular weight is 389 g/mol. The highest BCUT2D eigenvalue weighted by Gasteiger charge is 2.22. The number of ether oxygens (including phenoxy) is 1. The Morgan fingerprint density at radius 3 is 2.69 bits per heavy atom. The van der Waals surface area contributed by atoms with Crippen LogP contribution in [0.15, 0.2) is 60.7 Å². The zero-order valence-corrected chi connectivity index (χ0v) is 16.5. The standard InChI is InChI=1S/C23H23N3O3/c1-16(2)6-5-13-29-20-12-11-17-14-19(10-9-18(17)15-20)23(27)25-21-7-3-4-8-22(21)26(28)24-25/h3-4,7-12,14-16H,5-6,13H2,1-2H3. The summed E-state index contributed by atoms with van der Waals surface area (Å²) in [6, 6.07) is 18.2. The van der Waals surface area contributed by atoms with E-state index in [1.54, 1.807) is 30.3 Å². The van der Waals surface area contributed by atoms with Gasteiger partial charge in [0.2, 0.25) is 11.0 Å². The lowest BCUT2D eigenvalue weighted by Gasteiger charge is -2.09. The summed E-state index contributed by atoms with van der Waals surface area (Å²) in [6.45, 7) is 5.11. The number of hydrogen-bond donors (Lipinski definition) is 0. The largest absolute Gasteiger partial charge is 0.691 e. The molecule has 4 aromatic rings. The number of hydrogen-bond acceptors (Lipinski definition) is 4. The maximum atomic E-state index is 12.9. The van der Waals surface area contributed by atoms with E-state index in [4.69, 9.17) is 4.74 Å². The first kappa shape index (κ1) is 18.9. The molecule has 3 aromatic carbocycles. The van der Waals surface area contributed by atoms with Gasteiger partial charge in [0.25, 0.3) is 0 Å². The second-order valence-corrected chi connectivity index (χ2v) is 7.58. The summed E-state index contributed by atoms with van der Waals surface area (Å²) < 4.78 is 6.99. The van der Waals surface area contributed by atoms with E-state index in [0.717, 1.165) is 34.0 Å². The van der Waals surface area contributed by atoms with Crippen molar-refractivity contribution in [1.82, 2.24) is 9.90 Å². The molecule has 0 aliphatic carbocycles. The van der Waals surface area contributed by atoms with Crippen LogP contribution in [-0.2, 0) is 0 Å². The van der Waals surface area contributed by atoms with Gasteiger partial charge in [0.1, 0.15) is 11.0 Å². The summed E-state index contributed by atoms with van der Waals surface area (Å²) >= 11 is 0. The molecule has 0 saturated carbocycles.